The number of anilines is 1. The van der Waals surface area contributed by atoms with E-state index in [1.807, 2.05) is 23.6 Å². The van der Waals surface area contributed by atoms with Crippen LogP contribution in [0.15, 0.2) is 53.9 Å². The lowest BCUT2D eigenvalue weighted by atomic mass is 10.1. The highest BCUT2D eigenvalue weighted by atomic mass is 32.1. The van der Waals surface area contributed by atoms with E-state index >= 15 is 0 Å². The molecule has 1 aliphatic heterocycles. The number of amides is 1. The molecule has 0 aliphatic carbocycles. The number of nitrogens with one attached hydrogen (secondary N) is 1. The van der Waals surface area contributed by atoms with E-state index in [2.05, 4.69) is 45.4 Å². The summed E-state index contributed by atoms with van der Waals surface area (Å²) in [5, 5.41) is 7.41. The molecule has 146 valence electrons. The van der Waals surface area contributed by atoms with Crippen molar-refractivity contribution in [2.75, 3.05) is 51.3 Å². The molecule has 0 bridgehead atoms. The van der Waals surface area contributed by atoms with Crippen molar-refractivity contribution in [2.45, 2.75) is 0 Å². The van der Waals surface area contributed by atoms with Gasteiger partial charge in [0.2, 0.25) is 0 Å². The monoisotopic (exact) mass is 395 g/mol. The predicted octanol–water partition coefficient (Wildman–Crippen LogP) is 3.46. The Morgan fingerprint density at radius 2 is 1.96 bits per heavy atom. The third kappa shape index (κ3) is 4.13. The van der Waals surface area contributed by atoms with Crippen molar-refractivity contribution in [2.24, 2.45) is 0 Å². The second kappa shape index (κ2) is 8.63. The van der Waals surface area contributed by atoms with E-state index in [0.29, 0.717) is 6.54 Å². The van der Waals surface area contributed by atoms with Gasteiger partial charge < -0.3 is 15.0 Å². The molecule has 0 saturated carbocycles. The molecule has 1 aliphatic rings. The van der Waals surface area contributed by atoms with Gasteiger partial charge in [0, 0.05) is 50.3 Å². The number of carbonyl (C=O) groups excluding carboxylic acids is 1. The maximum Gasteiger partial charge on any atom is 0.261 e. The molecule has 1 amide bonds. The van der Waals surface area contributed by atoms with Gasteiger partial charge in [-0.25, -0.2) is 0 Å². The maximum atomic E-state index is 12.0. The van der Waals surface area contributed by atoms with Gasteiger partial charge in [-0.05, 0) is 35.0 Å². The Labute approximate surface area is 169 Å². The summed E-state index contributed by atoms with van der Waals surface area (Å²) in [4.78, 5) is 17.7. The number of benzene rings is 2. The third-order valence-electron chi connectivity index (χ3n) is 5.24. The standard InChI is InChI=1S/C22H25N3O2S/c1-27-18-8-7-17-4-2-5-20(19(17)16-18)25-13-11-24(12-14-25)10-9-23-22(26)21-6-3-15-28-21/h2-8,15-16H,9-14H2,1H3,(H,23,26). The number of piperazine rings is 1. The topological polar surface area (TPSA) is 44.8 Å². The molecule has 2 heterocycles. The van der Waals surface area contributed by atoms with Gasteiger partial charge in [0.15, 0.2) is 0 Å². The number of nitrogens with zero attached hydrogens (tertiary/aromatic N) is 2. The largest absolute Gasteiger partial charge is 0.497 e. The Balaban J connectivity index is 1.33. The molecule has 2 aromatic carbocycles. The molecule has 1 saturated heterocycles. The second-order valence-corrected chi connectivity index (χ2v) is 7.87. The number of carbonyl (C=O) groups is 1. The summed E-state index contributed by atoms with van der Waals surface area (Å²) in [6, 6.07) is 16.5. The van der Waals surface area contributed by atoms with Crippen LogP contribution in [0.5, 0.6) is 5.75 Å². The summed E-state index contributed by atoms with van der Waals surface area (Å²) in [7, 11) is 1.71. The lowest BCUT2D eigenvalue weighted by molar-refractivity contribution is 0.0952. The zero-order chi connectivity index (χ0) is 19.3. The van der Waals surface area contributed by atoms with Gasteiger partial charge >= 0.3 is 0 Å². The first kappa shape index (κ1) is 18.8. The third-order valence-corrected chi connectivity index (χ3v) is 6.11. The first-order valence-electron chi connectivity index (χ1n) is 9.60. The van der Waals surface area contributed by atoms with E-state index in [0.717, 1.165) is 43.4 Å². The Morgan fingerprint density at radius 1 is 1.11 bits per heavy atom. The van der Waals surface area contributed by atoms with Crippen LogP contribution in [0.3, 0.4) is 0 Å². The highest BCUT2D eigenvalue weighted by molar-refractivity contribution is 7.12. The van der Waals surface area contributed by atoms with Crippen LogP contribution in [0.1, 0.15) is 9.67 Å². The SMILES string of the molecule is COc1ccc2cccc(N3CCN(CCNC(=O)c4cccs4)CC3)c2c1. The van der Waals surface area contributed by atoms with Crippen molar-refractivity contribution in [3.8, 4) is 5.75 Å². The average Bonchev–Trinajstić information content (AvgIpc) is 3.28. The Morgan fingerprint density at radius 3 is 2.71 bits per heavy atom. The lowest BCUT2D eigenvalue weighted by Gasteiger charge is -2.36. The maximum absolute atomic E-state index is 12.0. The summed E-state index contributed by atoms with van der Waals surface area (Å²) in [5.41, 5.74) is 1.27. The summed E-state index contributed by atoms with van der Waals surface area (Å²) in [6.07, 6.45) is 0. The highest BCUT2D eigenvalue weighted by Crippen LogP contribution is 2.30. The normalized spacial score (nSPS) is 15.0. The van der Waals surface area contributed by atoms with Crippen LogP contribution in [0.4, 0.5) is 5.69 Å². The van der Waals surface area contributed by atoms with Crippen molar-refractivity contribution in [3.05, 3.63) is 58.8 Å². The molecule has 3 aromatic rings. The zero-order valence-electron chi connectivity index (χ0n) is 16.1. The summed E-state index contributed by atoms with van der Waals surface area (Å²) in [5.74, 6) is 0.915. The van der Waals surface area contributed by atoms with Crippen molar-refractivity contribution in [3.63, 3.8) is 0 Å². The number of fused-ring (bicyclic) bond motifs is 1. The van der Waals surface area contributed by atoms with Crippen molar-refractivity contribution in [1.29, 1.82) is 0 Å². The number of rotatable bonds is 6. The highest BCUT2D eigenvalue weighted by Gasteiger charge is 2.19. The van der Waals surface area contributed by atoms with Gasteiger partial charge in [0.05, 0.1) is 12.0 Å². The van der Waals surface area contributed by atoms with Gasteiger partial charge in [0.1, 0.15) is 5.75 Å². The van der Waals surface area contributed by atoms with Crippen LogP contribution in [0.25, 0.3) is 10.8 Å². The predicted molar refractivity (Wildman–Crippen MR) is 116 cm³/mol. The zero-order valence-corrected chi connectivity index (χ0v) is 16.9. The fourth-order valence-corrected chi connectivity index (χ4v) is 4.31. The minimum absolute atomic E-state index is 0.0262. The van der Waals surface area contributed by atoms with Crippen LogP contribution in [-0.2, 0) is 0 Å². The minimum Gasteiger partial charge on any atom is -0.497 e. The molecule has 4 rings (SSSR count). The molecule has 0 spiro atoms. The first-order valence-corrected chi connectivity index (χ1v) is 10.5. The molecule has 1 aromatic heterocycles. The molecule has 0 atom stereocenters. The summed E-state index contributed by atoms with van der Waals surface area (Å²) < 4.78 is 5.41. The number of hydrogen-bond acceptors (Lipinski definition) is 5. The van der Waals surface area contributed by atoms with E-state index in [9.17, 15) is 4.79 Å². The van der Waals surface area contributed by atoms with Crippen LogP contribution in [0, 0.1) is 0 Å². The van der Waals surface area contributed by atoms with Crippen LogP contribution < -0.4 is 15.0 Å². The molecular formula is C22H25N3O2S. The van der Waals surface area contributed by atoms with E-state index in [1.54, 1.807) is 7.11 Å². The Bertz CT molecular complexity index is 934. The number of ether oxygens (including phenoxy) is 1. The molecule has 0 radical (unpaired) electrons. The quantitative estimate of drug-likeness (QED) is 0.694. The molecular weight excluding hydrogens is 370 g/mol. The number of thiophene rings is 1. The van der Waals surface area contributed by atoms with Gasteiger partial charge in [-0.15, -0.1) is 11.3 Å². The van der Waals surface area contributed by atoms with Gasteiger partial charge in [-0.2, -0.15) is 0 Å². The molecule has 6 heteroatoms. The van der Waals surface area contributed by atoms with Gasteiger partial charge in [-0.3, -0.25) is 9.69 Å². The fraction of sp³-hybridized carbons (Fsp3) is 0.318. The summed E-state index contributed by atoms with van der Waals surface area (Å²) in [6.45, 7) is 5.52. The van der Waals surface area contributed by atoms with E-state index in [1.165, 1.54) is 27.8 Å². The van der Waals surface area contributed by atoms with E-state index < -0.39 is 0 Å². The molecule has 1 N–H and O–H groups in total. The lowest BCUT2D eigenvalue weighted by Crippen LogP contribution is -2.48. The van der Waals surface area contributed by atoms with Crippen LogP contribution in [-0.4, -0.2) is 57.2 Å². The van der Waals surface area contributed by atoms with Crippen LogP contribution >= 0.6 is 11.3 Å². The van der Waals surface area contributed by atoms with E-state index in [4.69, 9.17) is 4.74 Å². The average molecular weight is 396 g/mol. The second-order valence-electron chi connectivity index (χ2n) is 6.93. The number of methoxy groups -OCH3 is 1. The van der Waals surface area contributed by atoms with Crippen molar-refractivity contribution >= 4 is 33.7 Å². The molecule has 0 unspecified atom stereocenters. The smallest absolute Gasteiger partial charge is 0.261 e. The van der Waals surface area contributed by atoms with Gasteiger partial charge in [0.25, 0.3) is 5.91 Å². The molecule has 1 fully saturated rings. The van der Waals surface area contributed by atoms with Crippen LogP contribution in [0.2, 0.25) is 0 Å². The summed E-state index contributed by atoms with van der Waals surface area (Å²) >= 11 is 1.48. The van der Waals surface area contributed by atoms with Gasteiger partial charge in [-0.1, -0.05) is 24.3 Å². The molecule has 5 nitrogen and oxygen atoms in total. The van der Waals surface area contributed by atoms with Crippen molar-refractivity contribution < 1.29 is 9.53 Å². The van der Waals surface area contributed by atoms with Crippen molar-refractivity contribution in [1.82, 2.24) is 10.2 Å². The number of hydrogen-bond donors (Lipinski definition) is 1. The minimum atomic E-state index is 0.0262. The fourth-order valence-electron chi connectivity index (χ4n) is 3.67. The Kier molecular flexibility index (Phi) is 5.78. The Hall–Kier alpha value is -2.57. The first-order chi connectivity index (χ1) is 13.7. The molecule has 28 heavy (non-hydrogen) atoms. The van der Waals surface area contributed by atoms with E-state index in [-0.39, 0.29) is 5.91 Å².